The molecule has 0 N–H and O–H groups in total. The molecule has 0 fully saturated rings. The molecule has 0 atom stereocenters. The maximum absolute atomic E-state index is 12.6. The van der Waals surface area contributed by atoms with Crippen molar-refractivity contribution in [1.29, 1.82) is 0 Å². The molecule has 1 aromatic heterocycles. The lowest BCUT2D eigenvalue weighted by atomic mass is 10.0. The van der Waals surface area contributed by atoms with Gasteiger partial charge in [0.2, 0.25) is 0 Å². The van der Waals surface area contributed by atoms with Gasteiger partial charge in [0, 0.05) is 18.0 Å². The van der Waals surface area contributed by atoms with Crippen LogP contribution in [-0.2, 0) is 6.67 Å². The van der Waals surface area contributed by atoms with Crippen LogP contribution in [0.2, 0.25) is 0 Å². The van der Waals surface area contributed by atoms with Crippen LogP contribution in [0.15, 0.2) is 36.7 Å². The second kappa shape index (κ2) is 3.96. The minimum atomic E-state index is -0.477. The molecule has 1 radical (unpaired) electrons. The first-order valence-electron chi connectivity index (χ1n) is 4.24. The lowest BCUT2D eigenvalue weighted by Crippen LogP contribution is -1.88. The average molecular weight is 187 g/mol. The van der Waals surface area contributed by atoms with Gasteiger partial charge in [0.15, 0.2) is 6.33 Å². The Morgan fingerprint density at radius 1 is 1.14 bits per heavy atom. The van der Waals surface area contributed by atoms with E-state index in [1.54, 1.807) is 18.5 Å². The Kier molecular flexibility index (Phi) is 2.49. The number of hydrogen-bond donors (Lipinski definition) is 0. The number of nitrogens with zero attached hydrogens (tertiary/aromatic N) is 2. The van der Waals surface area contributed by atoms with Crippen LogP contribution in [0.5, 0.6) is 0 Å². The minimum Gasteiger partial charge on any atom is -0.246 e. The quantitative estimate of drug-likeness (QED) is 0.721. The summed E-state index contributed by atoms with van der Waals surface area (Å²) in [5, 5.41) is 0. The number of halogens is 1. The highest BCUT2D eigenvalue weighted by atomic mass is 19.1. The fourth-order valence-corrected chi connectivity index (χ4v) is 1.32. The zero-order valence-electron chi connectivity index (χ0n) is 7.44. The summed E-state index contributed by atoms with van der Waals surface area (Å²) in [7, 11) is 0. The van der Waals surface area contributed by atoms with E-state index in [-0.39, 0.29) is 0 Å². The van der Waals surface area contributed by atoms with Crippen molar-refractivity contribution < 1.29 is 4.39 Å². The van der Waals surface area contributed by atoms with Gasteiger partial charge in [-0.1, -0.05) is 24.3 Å². The largest absolute Gasteiger partial charge is 0.246 e. The van der Waals surface area contributed by atoms with Crippen LogP contribution in [0.4, 0.5) is 4.39 Å². The van der Waals surface area contributed by atoms with E-state index in [9.17, 15) is 4.39 Å². The summed E-state index contributed by atoms with van der Waals surface area (Å²) in [5.74, 6) is 0. The van der Waals surface area contributed by atoms with Crippen molar-refractivity contribution >= 4 is 0 Å². The molecule has 3 heteroatoms. The first kappa shape index (κ1) is 8.81. The van der Waals surface area contributed by atoms with E-state index in [0.29, 0.717) is 5.56 Å². The van der Waals surface area contributed by atoms with Gasteiger partial charge < -0.3 is 0 Å². The van der Waals surface area contributed by atoms with E-state index in [1.807, 2.05) is 18.2 Å². The van der Waals surface area contributed by atoms with E-state index in [4.69, 9.17) is 0 Å². The molecule has 69 valence electrons. The molecule has 0 bridgehead atoms. The van der Waals surface area contributed by atoms with Gasteiger partial charge >= 0.3 is 0 Å². The number of benzene rings is 1. The Morgan fingerprint density at radius 3 is 2.57 bits per heavy atom. The van der Waals surface area contributed by atoms with Crippen molar-refractivity contribution in [1.82, 2.24) is 9.97 Å². The number of rotatable bonds is 2. The monoisotopic (exact) mass is 187 g/mol. The van der Waals surface area contributed by atoms with Crippen molar-refractivity contribution in [2.75, 3.05) is 0 Å². The molecule has 14 heavy (non-hydrogen) atoms. The van der Waals surface area contributed by atoms with Gasteiger partial charge in [0.1, 0.15) is 6.67 Å². The maximum atomic E-state index is 12.6. The van der Waals surface area contributed by atoms with Crippen molar-refractivity contribution in [3.63, 3.8) is 0 Å². The topological polar surface area (TPSA) is 25.8 Å². The molecular weight excluding hydrogens is 179 g/mol. The average Bonchev–Trinajstić information content (AvgIpc) is 2.30. The maximum Gasteiger partial charge on any atom is 0.197 e. The predicted octanol–water partition coefficient (Wildman–Crippen LogP) is 2.41. The number of hydrogen-bond acceptors (Lipinski definition) is 2. The first-order valence-corrected chi connectivity index (χ1v) is 4.24. The van der Waals surface area contributed by atoms with Crippen molar-refractivity contribution in [2.24, 2.45) is 0 Å². The van der Waals surface area contributed by atoms with Gasteiger partial charge in [0.25, 0.3) is 0 Å². The van der Waals surface area contributed by atoms with Crippen molar-refractivity contribution in [3.8, 4) is 11.1 Å². The second-order valence-electron chi connectivity index (χ2n) is 2.86. The molecule has 1 aromatic carbocycles. The van der Waals surface area contributed by atoms with Crippen LogP contribution in [0.3, 0.4) is 0 Å². The molecule has 0 aliphatic heterocycles. The van der Waals surface area contributed by atoms with E-state index < -0.39 is 6.67 Å². The van der Waals surface area contributed by atoms with E-state index in [0.717, 1.165) is 11.1 Å². The SMILES string of the molecule is FCc1ccccc1-c1cn[c]nc1. The summed E-state index contributed by atoms with van der Waals surface area (Å²) in [4.78, 5) is 7.56. The third-order valence-electron chi connectivity index (χ3n) is 2.00. The van der Waals surface area contributed by atoms with Crippen LogP contribution in [0, 0.1) is 6.33 Å². The van der Waals surface area contributed by atoms with Gasteiger partial charge in [-0.15, -0.1) is 0 Å². The van der Waals surface area contributed by atoms with Crippen molar-refractivity contribution in [2.45, 2.75) is 6.67 Å². The fraction of sp³-hybridized carbons (Fsp3) is 0.0909. The number of alkyl halides is 1. The van der Waals surface area contributed by atoms with Crippen LogP contribution >= 0.6 is 0 Å². The van der Waals surface area contributed by atoms with E-state index in [1.165, 1.54) is 0 Å². The van der Waals surface area contributed by atoms with Crippen LogP contribution < -0.4 is 0 Å². The molecule has 1 heterocycles. The van der Waals surface area contributed by atoms with E-state index >= 15 is 0 Å². The van der Waals surface area contributed by atoms with Gasteiger partial charge in [-0.2, -0.15) is 0 Å². The summed E-state index contributed by atoms with van der Waals surface area (Å²) in [6.45, 7) is -0.477. The molecular formula is C11H8FN2. The Bertz CT molecular complexity index is 415. The van der Waals surface area contributed by atoms with Gasteiger partial charge in [0.05, 0.1) is 0 Å². The van der Waals surface area contributed by atoms with Gasteiger partial charge in [-0.25, -0.2) is 14.4 Å². The molecule has 0 aliphatic carbocycles. The minimum absolute atomic E-state index is 0.477. The molecule has 0 saturated heterocycles. The molecule has 0 saturated carbocycles. The Hall–Kier alpha value is -1.77. The number of aromatic nitrogens is 2. The van der Waals surface area contributed by atoms with E-state index in [2.05, 4.69) is 16.3 Å². The Balaban J connectivity index is 2.51. The predicted molar refractivity (Wildman–Crippen MR) is 51.1 cm³/mol. The summed E-state index contributed by atoms with van der Waals surface area (Å²) in [5.41, 5.74) is 2.31. The van der Waals surface area contributed by atoms with Crippen LogP contribution in [0.25, 0.3) is 11.1 Å². The van der Waals surface area contributed by atoms with Crippen molar-refractivity contribution in [3.05, 3.63) is 48.5 Å². The summed E-state index contributed by atoms with van der Waals surface area (Å²) in [6, 6.07) is 7.29. The summed E-state index contributed by atoms with van der Waals surface area (Å²) >= 11 is 0. The molecule has 0 amide bonds. The summed E-state index contributed by atoms with van der Waals surface area (Å²) in [6.07, 6.45) is 5.70. The molecule has 2 nitrogen and oxygen atoms in total. The molecule has 0 spiro atoms. The van der Waals surface area contributed by atoms with Gasteiger partial charge in [-0.3, -0.25) is 0 Å². The van der Waals surface area contributed by atoms with Crippen LogP contribution in [-0.4, -0.2) is 9.97 Å². The normalized spacial score (nSPS) is 10.1. The Morgan fingerprint density at radius 2 is 1.86 bits per heavy atom. The molecule has 2 aromatic rings. The smallest absolute Gasteiger partial charge is 0.197 e. The lowest BCUT2D eigenvalue weighted by molar-refractivity contribution is 0.486. The highest BCUT2D eigenvalue weighted by molar-refractivity contribution is 5.65. The highest BCUT2D eigenvalue weighted by Crippen LogP contribution is 2.22. The fourth-order valence-electron chi connectivity index (χ4n) is 1.32. The van der Waals surface area contributed by atoms with Crippen LogP contribution in [0.1, 0.15) is 5.56 Å². The molecule has 2 rings (SSSR count). The zero-order chi connectivity index (χ0) is 9.80. The lowest BCUT2D eigenvalue weighted by Gasteiger charge is -2.04. The third-order valence-corrected chi connectivity index (χ3v) is 2.00. The zero-order valence-corrected chi connectivity index (χ0v) is 7.44. The third kappa shape index (κ3) is 1.62. The standard InChI is InChI=1S/C11H8FN2/c12-5-9-3-1-2-4-11(9)10-6-13-8-14-7-10/h1-4,6-7H,5H2. The second-order valence-corrected chi connectivity index (χ2v) is 2.86. The van der Waals surface area contributed by atoms with Gasteiger partial charge in [-0.05, 0) is 11.1 Å². The molecule has 0 unspecified atom stereocenters. The molecule has 0 aliphatic rings. The first-order chi connectivity index (χ1) is 6.92. The summed E-state index contributed by atoms with van der Waals surface area (Å²) < 4.78 is 12.6. The highest BCUT2D eigenvalue weighted by Gasteiger charge is 2.03. The Labute approximate surface area is 81.5 Å².